The first-order valence-corrected chi connectivity index (χ1v) is 5.47. The van der Waals surface area contributed by atoms with Gasteiger partial charge in [0, 0.05) is 18.2 Å². The number of hydrogen-bond acceptors (Lipinski definition) is 3. The van der Waals surface area contributed by atoms with E-state index in [9.17, 15) is 15.5 Å². The van der Waals surface area contributed by atoms with Crippen molar-refractivity contribution < 1.29 is 14.6 Å². The van der Waals surface area contributed by atoms with E-state index in [-0.39, 0.29) is 27.8 Å². The molecule has 1 N–H and O–H groups in total. The Kier molecular flexibility index (Phi) is 2.04. The second-order valence-electron chi connectivity index (χ2n) is 4.18. The fraction of sp³-hybridized carbons (Fsp3) is 0.0769. The summed E-state index contributed by atoms with van der Waals surface area (Å²) in [5.74, 6) is -0.155. The highest BCUT2D eigenvalue weighted by molar-refractivity contribution is 5.81. The molecule has 1 aromatic heterocycles. The Morgan fingerprint density at radius 3 is 2.17 bits per heavy atom. The third kappa shape index (κ3) is 1.21. The molecule has 18 heavy (non-hydrogen) atoms. The van der Waals surface area contributed by atoms with Crippen LogP contribution in [0.1, 0.15) is 5.56 Å². The van der Waals surface area contributed by atoms with Gasteiger partial charge in [-0.1, -0.05) is 12.1 Å². The molecular formula is C13H10N2O3. The van der Waals surface area contributed by atoms with Crippen LogP contribution in [-0.4, -0.2) is 5.11 Å². The number of nitrogens with zero attached hydrogens (tertiary/aromatic N) is 2. The zero-order valence-electron chi connectivity index (χ0n) is 9.62. The molecule has 3 aromatic rings. The lowest BCUT2D eigenvalue weighted by Gasteiger charge is -2.09. The van der Waals surface area contributed by atoms with Crippen LogP contribution in [0, 0.1) is 17.3 Å². The zero-order valence-corrected chi connectivity index (χ0v) is 9.62. The van der Waals surface area contributed by atoms with E-state index in [4.69, 9.17) is 0 Å². The molecule has 5 heteroatoms. The van der Waals surface area contributed by atoms with Gasteiger partial charge in [-0.25, -0.2) is 0 Å². The van der Waals surface area contributed by atoms with Gasteiger partial charge in [0.1, 0.15) is 0 Å². The number of phenolic OH excluding ortho intramolecular Hbond substituents is 1. The average molecular weight is 242 g/mol. The fourth-order valence-corrected chi connectivity index (χ4v) is 2.09. The van der Waals surface area contributed by atoms with Crippen LogP contribution < -0.4 is 9.46 Å². The minimum Gasteiger partial charge on any atom is -0.617 e. The van der Waals surface area contributed by atoms with Gasteiger partial charge in [0.15, 0.2) is 5.75 Å². The van der Waals surface area contributed by atoms with Crippen molar-refractivity contribution in [3.05, 3.63) is 52.4 Å². The summed E-state index contributed by atoms with van der Waals surface area (Å²) in [5, 5.41) is 34.3. The van der Waals surface area contributed by atoms with Crippen LogP contribution in [0.3, 0.4) is 0 Å². The average Bonchev–Trinajstić information content (AvgIpc) is 2.39. The topological polar surface area (TPSA) is 74.1 Å². The summed E-state index contributed by atoms with van der Waals surface area (Å²) < 4.78 is 1.26. The Morgan fingerprint density at radius 2 is 1.50 bits per heavy atom. The van der Waals surface area contributed by atoms with Crippen LogP contribution in [0.15, 0.2) is 36.4 Å². The highest BCUT2D eigenvalue weighted by atomic mass is 16.5. The Labute approximate surface area is 102 Å². The number of aromatic hydroxyl groups is 1. The lowest BCUT2D eigenvalue weighted by atomic mass is 10.1. The number of aromatic nitrogens is 2. The largest absolute Gasteiger partial charge is 0.617 e. The molecule has 90 valence electrons. The summed E-state index contributed by atoms with van der Waals surface area (Å²) in [6.45, 7) is 1.68. The number of benzene rings is 2. The molecule has 3 rings (SSSR count). The van der Waals surface area contributed by atoms with Gasteiger partial charge in [-0.15, -0.1) is 0 Å². The van der Waals surface area contributed by atoms with Crippen molar-refractivity contribution in [3.63, 3.8) is 0 Å². The summed E-state index contributed by atoms with van der Waals surface area (Å²) in [7, 11) is 0. The molecule has 2 aromatic carbocycles. The van der Waals surface area contributed by atoms with Crippen molar-refractivity contribution in [1.29, 1.82) is 0 Å². The molecule has 0 spiro atoms. The van der Waals surface area contributed by atoms with Crippen LogP contribution in [0.2, 0.25) is 0 Å². The molecule has 0 bridgehead atoms. The molecule has 0 aliphatic carbocycles. The minimum absolute atomic E-state index is 0.00343. The maximum absolute atomic E-state index is 12.2. The first kappa shape index (κ1) is 10.6. The Morgan fingerprint density at radius 1 is 0.889 bits per heavy atom. The van der Waals surface area contributed by atoms with E-state index in [1.807, 2.05) is 0 Å². The zero-order chi connectivity index (χ0) is 12.9. The smallest absolute Gasteiger partial charge is 0.332 e. The predicted molar refractivity (Wildman–Crippen MR) is 65.8 cm³/mol. The van der Waals surface area contributed by atoms with Gasteiger partial charge in [0.25, 0.3) is 16.6 Å². The number of fused-ring (bicyclic) bond motifs is 2. The summed E-state index contributed by atoms with van der Waals surface area (Å²) in [4.78, 5) is 0. The molecule has 0 aliphatic rings. The number of rotatable bonds is 0. The lowest BCUT2D eigenvalue weighted by molar-refractivity contribution is -0.591. The molecule has 0 unspecified atom stereocenters. The van der Waals surface area contributed by atoms with Crippen LogP contribution >= 0.6 is 0 Å². The van der Waals surface area contributed by atoms with Gasteiger partial charge in [0.2, 0.25) is 0 Å². The molecule has 0 saturated heterocycles. The molecule has 0 radical (unpaired) electrons. The monoisotopic (exact) mass is 242 g/mol. The van der Waals surface area contributed by atoms with Crippen LogP contribution in [0.4, 0.5) is 0 Å². The molecule has 0 aliphatic heterocycles. The minimum atomic E-state index is -0.155. The van der Waals surface area contributed by atoms with Crippen molar-refractivity contribution >= 4 is 22.1 Å². The summed E-state index contributed by atoms with van der Waals surface area (Å²) >= 11 is 0. The number of phenols is 1. The van der Waals surface area contributed by atoms with E-state index in [0.717, 1.165) is 0 Å². The van der Waals surface area contributed by atoms with Crippen LogP contribution in [-0.2, 0) is 0 Å². The Bertz CT molecular complexity index is 784. The van der Waals surface area contributed by atoms with E-state index >= 15 is 0 Å². The van der Waals surface area contributed by atoms with Gasteiger partial charge in [0.05, 0.1) is 0 Å². The maximum atomic E-state index is 12.2. The fourth-order valence-electron chi connectivity index (χ4n) is 2.09. The summed E-state index contributed by atoms with van der Waals surface area (Å²) in [6, 6.07) is 9.65. The van der Waals surface area contributed by atoms with E-state index in [0.29, 0.717) is 15.0 Å². The second kappa shape index (κ2) is 3.46. The first-order valence-electron chi connectivity index (χ1n) is 5.47. The summed E-state index contributed by atoms with van der Waals surface area (Å²) in [6.07, 6.45) is 0. The van der Waals surface area contributed by atoms with Crippen LogP contribution in [0.5, 0.6) is 5.75 Å². The first-order chi connectivity index (χ1) is 8.61. The van der Waals surface area contributed by atoms with E-state index in [1.54, 1.807) is 37.3 Å². The van der Waals surface area contributed by atoms with Crippen molar-refractivity contribution in [1.82, 2.24) is 0 Å². The second-order valence-corrected chi connectivity index (χ2v) is 4.18. The Hall–Kier alpha value is -2.56. The SMILES string of the molecule is Cc1ccc2c(c1O)[n+]([O-])c1ccccc1[n+]2[O-]. The molecule has 1 heterocycles. The third-order valence-electron chi connectivity index (χ3n) is 3.07. The van der Waals surface area contributed by atoms with Crippen molar-refractivity contribution in [2.75, 3.05) is 0 Å². The lowest BCUT2D eigenvalue weighted by Crippen LogP contribution is -2.39. The van der Waals surface area contributed by atoms with Gasteiger partial charge in [-0.3, -0.25) is 0 Å². The predicted octanol–water partition coefficient (Wildman–Crippen LogP) is 1.27. The Balaban J connectivity index is 2.67. The standard InChI is InChI=1S/C13H10N2O3/c1-8-6-7-11-12(13(8)16)15(18)10-5-3-2-4-9(10)14(11)17/h2-7,16H,1H3. The van der Waals surface area contributed by atoms with Gasteiger partial charge in [-0.05, 0) is 18.6 Å². The van der Waals surface area contributed by atoms with E-state index in [1.165, 1.54) is 6.07 Å². The number of hydrogen-bond donors (Lipinski definition) is 1. The van der Waals surface area contributed by atoms with Gasteiger partial charge < -0.3 is 15.5 Å². The summed E-state index contributed by atoms with van der Waals surface area (Å²) in [5.41, 5.74) is 1.24. The van der Waals surface area contributed by atoms with Gasteiger partial charge in [-0.2, -0.15) is 9.46 Å². The molecule has 5 nitrogen and oxygen atoms in total. The highest BCUT2D eigenvalue weighted by Crippen LogP contribution is 2.24. The quantitative estimate of drug-likeness (QED) is 0.366. The molecule has 0 amide bonds. The highest BCUT2D eigenvalue weighted by Gasteiger charge is 2.24. The molecule has 0 saturated carbocycles. The van der Waals surface area contributed by atoms with Crippen molar-refractivity contribution in [2.45, 2.75) is 6.92 Å². The normalized spacial score (nSPS) is 11.2. The molecule has 0 fully saturated rings. The number of aryl methyl sites for hydroxylation is 1. The van der Waals surface area contributed by atoms with E-state index < -0.39 is 0 Å². The third-order valence-corrected chi connectivity index (χ3v) is 3.07. The van der Waals surface area contributed by atoms with Crippen molar-refractivity contribution in [3.8, 4) is 5.75 Å². The van der Waals surface area contributed by atoms with Gasteiger partial charge >= 0.3 is 5.52 Å². The van der Waals surface area contributed by atoms with Crippen LogP contribution in [0.25, 0.3) is 22.1 Å². The van der Waals surface area contributed by atoms with Crippen molar-refractivity contribution in [2.24, 2.45) is 0 Å². The maximum Gasteiger partial charge on any atom is 0.332 e. The molecule has 0 atom stereocenters. The molecular weight excluding hydrogens is 232 g/mol. The van der Waals surface area contributed by atoms with E-state index in [2.05, 4.69) is 0 Å². The number of para-hydroxylation sites is 2.